The number of hydrogen-bond acceptors (Lipinski definition) is 8. The van der Waals surface area contributed by atoms with Crippen molar-refractivity contribution in [1.29, 1.82) is 0 Å². The third kappa shape index (κ3) is 28.1. The highest BCUT2D eigenvalue weighted by atomic mass is 16.6. The highest BCUT2D eigenvalue weighted by molar-refractivity contribution is 5.84. The summed E-state index contributed by atoms with van der Waals surface area (Å²) >= 11 is 0. The molecule has 0 amide bonds. The highest BCUT2D eigenvalue weighted by Crippen LogP contribution is 2.33. The summed E-state index contributed by atoms with van der Waals surface area (Å²) in [5.74, 6) is -0.483. The summed E-state index contributed by atoms with van der Waals surface area (Å²) in [6, 6.07) is 0. The van der Waals surface area contributed by atoms with Crippen LogP contribution in [-0.4, -0.2) is 64.6 Å². The Morgan fingerprint density at radius 2 is 1.19 bits per heavy atom. The van der Waals surface area contributed by atoms with Crippen molar-refractivity contribution < 1.29 is 39.2 Å². The average molecular weight is 749 g/mol. The third-order valence-electron chi connectivity index (χ3n) is 10.5. The molecule has 1 fully saturated rings. The predicted molar refractivity (Wildman–Crippen MR) is 215 cm³/mol. The van der Waals surface area contributed by atoms with Crippen LogP contribution in [-0.2, 0) is 23.9 Å². The van der Waals surface area contributed by atoms with E-state index in [-0.39, 0.29) is 49.6 Å². The number of allylic oxidation sites excluding steroid dienone is 2. The van der Waals surface area contributed by atoms with Crippen LogP contribution < -0.4 is 0 Å². The summed E-state index contributed by atoms with van der Waals surface area (Å²) in [6.07, 6.45) is 33.1. The zero-order valence-corrected chi connectivity index (χ0v) is 34.2. The first-order chi connectivity index (χ1) is 25.6. The Labute approximate surface area is 324 Å². The number of carbonyl (C=O) groups excluding carboxylic acids is 3. The molecule has 0 heterocycles. The summed E-state index contributed by atoms with van der Waals surface area (Å²) < 4.78 is 10.3. The number of ether oxygens (including phenoxy) is 2. The molecule has 308 valence electrons. The number of Topliss-reactive ketones (excluding diaryl/α,β-unsaturated/α-hetero) is 1. The van der Waals surface area contributed by atoms with E-state index in [0.29, 0.717) is 32.1 Å². The van der Waals surface area contributed by atoms with E-state index in [1.165, 1.54) is 89.9 Å². The number of carbonyl (C=O) groups is 3. The summed E-state index contributed by atoms with van der Waals surface area (Å²) in [6.45, 7) is 6.34. The third-order valence-corrected chi connectivity index (χ3v) is 10.5. The normalized spacial score (nSPS) is 18.8. The van der Waals surface area contributed by atoms with E-state index in [0.717, 1.165) is 44.4 Å². The van der Waals surface area contributed by atoms with Gasteiger partial charge in [-0.05, 0) is 38.0 Å². The minimum absolute atomic E-state index is 0.0329. The van der Waals surface area contributed by atoms with E-state index in [2.05, 4.69) is 20.8 Å². The van der Waals surface area contributed by atoms with Gasteiger partial charge in [0.05, 0.1) is 12.2 Å². The number of hydrogen-bond donors (Lipinski definition) is 3. The van der Waals surface area contributed by atoms with Crippen LogP contribution in [0.25, 0.3) is 0 Å². The van der Waals surface area contributed by atoms with Gasteiger partial charge in [0.25, 0.3) is 0 Å². The fourth-order valence-electron chi connectivity index (χ4n) is 7.08. The van der Waals surface area contributed by atoms with Crippen LogP contribution in [0.1, 0.15) is 194 Å². The average Bonchev–Trinajstić information content (AvgIpc) is 3.40. The largest absolute Gasteiger partial charge is 0.463 e. The zero-order valence-electron chi connectivity index (χ0n) is 34.2. The first kappa shape index (κ1) is 49.0. The second kappa shape index (κ2) is 33.3. The van der Waals surface area contributed by atoms with E-state index in [9.17, 15) is 29.7 Å². The van der Waals surface area contributed by atoms with E-state index < -0.39 is 24.3 Å². The molecule has 0 unspecified atom stereocenters. The minimum Gasteiger partial charge on any atom is -0.463 e. The number of aliphatic hydroxyl groups excluding tert-OH is 3. The van der Waals surface area contributed by atoms with E-state index in [4.69, 9.17) is 9.47 Å². The molecule has 1 aliphatic rings. The number of rotatable bonds is 35. The van der Waals surface area contributed by atoms with Crippen molar-refractivity contribution in [3.63, 3.8) is 0 Å². The lowest BCUT2D eigenvalue weighted by molar-refractivity contribution is -0.152. The molecule has 0 spiro atoms. The molecular formula is C45H80O8. The Morgan fingerprint density at radius 3 is 1.72 bits per heavy atom. The first-order valence-electron chi connectivity index (χ1n) is 21.8. The van der Waals surface area contributed by atoms with Gasteiger partial charge >= 0.3 is 11.9 Å². The van der Waals surface area contributed by atoms with Gasteiger partial charge in [-0.1, -0.05) is 167 Å². The first-order valence-corrected chi connectivity index (χ1v) is 21.8. The molecule has 0 aromatic rings. The molecule has 0 radical (unpaired) electrons. The Kier molecular flexibility index (Phi) is 30.8. The van der Waals surface area contributed by atoms with Gasteiger partial charge in [0.15, 0.2) is 0 Å². The van der Waals surface area contributed by atoms with E-state index in [1.54, 1.807) is 12.2 Å². The number of aliphatic hydroxyl groups is 3. The van der Waals surface area contributed by atoms with Crippen molar-refractivity contribution in [1.82, 2.24) is 0 Å². The van der Waals surface area contributed by atoms with Crippen LogP contribution >= 0.6 is 0 Å². The maximum Gasteiger partial charge on any atom is 0.305 e. The van der Waals surface area contributed by atoms with Gasteiger partial charge in [0.2, 0.25) is 0 Å². The molecule has 0 saturated heterocycles. The van der Waals surface area contributed by atoms with Crippen molar-refractivity contribution in [2.45, 2.75) is 212 Å². The van der Waals surface area contributed by atoms with Crippen molar-refractivity contribution in [3.05, 3.63) is 24.3 Å². The summed E-state index contributed by atoms with van der Waals surface area (Å²) in [7, 11) is 0. The van der Waals surface area contributed by atoms with Crippen molar-refractivity contribution >= 4 is 17.7 Å². The lowest BCUT2D eigenvalue weighted by Gasteiger charge is -2.16. The maximum absolute atomic E-state index is 12.4. The Hall–Kier alpha value is -2.03. The molecule has 0 bridgehead atoms. The number of esters is 2. The number of unbranched alkanes of at least 4 members (excludes halogenated alkanes) is 18. The summed E-state index contributed by atoms with van der Waals surface area (Å²) in [5.41, 5.74) is 0. The molecule has 0 aromatic carbocycles. The standard InChI is InChI=1S/C45H80O8/c1-4-5-22-28-38(46)32-33-41-40(42(48)34-43(41)49)29-24-20-21-26-31-45(51)53-36-39(47)35-52-44(50)30-25-19-17-15-13-11-9-7-6-8-10-12-14-16-18-23-27-37(2)3/h20,24,32-33,37-41,43,46-47,49H,4-19,21-23,25-31,34-36H2,1-3H3/b24-20-,33-32+/t38-,39+,40+,41+,43+/m0/s1. The SMILES string of the molecule is CCCCC[C@H](O)/C=C/[C@H]1[C@H](O)CC(=O)[C@@H]1C/C=C\CCCC(=O)OC[C@H](O)COC(=O)CCCCCCCCCCCCCCCCCCC(C)C. The van der Waals surface area contributed by atoms with Crippen LogP contribution in [0, 0.1) is 17.8 Å². The van der Waals surface area contributed by atoms with E-state index >= 15 is 0 Å². The zero-order chi connectivity index (χ0) is 38.9. The molecule has 0 aliphatic heterocycles. The van der Waals surface area contributed by atoms with Crippen molar-refractivity contribution in [2.75, 3.05) is 13.2 Å². The molecule has 1 aliphatic carbocycles. The van der Waals surface area contributed by atoms with Crippen LogP contribution in [0.2, 0.25) is 0 Å². The molecule has 5 atom stereocenters. The molecule has 0 aromatic heterocycles. The summed E-state index contributed by atoms with van der Waals surface area (Å²) in [4.78, 5) is 36.6. The van der Waals surface area contributed by atoms with Gasteiger partial charge in [0, 0.05) is 31.1 Å². The van der Waals surface area contributed by atoms with Crippen LogP contribution in [0.15, 0.2) is 24.3 Å². The second-order valence-electron chi connectivity index (χ2n) is 16.1. The Morgan fingerprint density at radius 1 is 0.698 bits per heavy atom. The van der Waals surface area contributed by atoms with Crippen molar-refractivity contribution in [2.24, 2.45) is 17.8 Å². The predicted octanol–water partition coefficient (Wildman–Crippen LogP) is 10.3. The maximum atomic E-state index is 12.4. The van der Waals surface area contributed by atoms with Crippen LogP contribution in [0.3, 0.4) is 0 Å². The Balaban J connectivity index is 1.98. The monoisotopic (exact) mass is 749 g/mol. The van der Waals surface area contributed by atoms with Gasteiger partial charge in [-0.2, -0.15) is 0 Å². The fraction of sp³-hybridized carbons (Fsp3) is 0.844. The van der Waals surface area contributed by atoms with Gasteiger partial charge < -0.3 is 24.8 Å². The quantitative estimate of drug-likeness (QED) is 0.0332. The highest BCUT2D eigenvalue weighted by Gasteiger charge is 2.39. The molecule has 53 heavy (non-hydrogen) atoms. The smallest absolute Gasteiger partial charge is 0.305 e. The van der Waals surface area contributed by atoms with E-state index in [1.807, 2.05) is 12.2 Å². The Bertz CT molecular complexity index is 976. The lowest BCUT2D eigenvalue weighted by Crippen LogP contribution is -2.25. The van der Waals surface area contributed by atoms with Gasteiger partial charge in [-0.3, -0.25) is 14.4 Å². The molecule has 8 heteroatoms. The lowest BCUT2D eigenvalue weighted by atomic mass is 9.90. The van der Waals surface area contributed by atoms with Gasteiger partial charge in [-0.15, -0.1) is 0 Å². The van der Waals surface area contributed by atoms with Gasteiger partial charge in [-0.25, -0.2) is 0 Å². The molecule has 1 saturated carbocycles. The van der Waals surface area contributed by atoms with Gasteiger partial charge in [0.1, 0.15) is 25.1 Å². The molecular weight excluding hydrogens is 668 g/mol. The van der Waals surface area contributed by atoms with Crippen molar-refractivity contribution in [3.8, 4) is 0 Å². The van der Waals surface area contributed by atoms with Crippen LogP contribution in [0.4, 0.5) is 0 Å². The molecule has 1 rings (SSSR count). The topological polar surface area (TPSA) is 130 Å². The fourth-order valence-corrected chi connectivity index (χ4v) is 7.08. The number of ketones is 1. The minimum atomic E-state index is -1.05. The molecule has 3 N–H and O–H groups in total. The van der Waals surface area contributed by atoms with Crippen LogP contribution in [0.5, 0.6) is 0 Å². The summed E-state index contributed by atoms with van der Waals surface area (Å²) in [5, 5.41) is 30.6. The molecule has 8 nitrogen and oxygen atoms in total. The second-order valence-corrected chi connectivity index (χ2v) is 16.1.